The summed E-state index contributed by atoms with van der Waals surface area (Å²) in [5, 5.41) is 10.0. The van der Waals surface area contributed by atoms with E-state index in [-0.39, 0.29) is 4.90 Å². The number of nitrogens with two attached hydrogens (primary N) is 1. The minimum absolute atomic E-state index is 0.0585. The molecule has 0 spiro atoms. The lowest BCUT2D eigenvalue weighted by molar-refractivity contribution is 0.415. The van der Waals surface area contributed by atoms with Crippen molar-refractivity contribution < 1.29 is 13.2 Å². The third-order valence-electron chi connectivity index (χ3n) is 4.85. The number of methoxy groups -OCH3 is 1. The van der Waals surface area contributed by atoms with E-state index in [2.05, 4.69) is 0 Å². The van der Waals surface area contributed by atoms with Gasteiger partial charge in [0.25, 0.3) is 0 Å². The van der Waals surface area contributed by atoms with Gasteiger partial charge in [-0.2, -0.15) is 5.10 Å². The number of benzene rings is 3. The Hall–Kier alpha value is -3.42. The average molecular weight is 420 g/mol. The van der Waals surface area contributed by atoms with Gasteiger partial charge in [-0.3, -0.25) is 0 Å². The lowest BCUT2D eigenvalue weighted by atomic mass is 10.1. The number of ether oxygens (including phenoxy) is 1. The molecule has 0 unspecified atom stereocenters. The second kappa shape index (κ2) is 7.78. The van der Waals surface area contributed by atoms with Crippen LogP contribution in [0.15, 0.2) is 83.8 Å². The largest absolute Gasteiger partial charge is 0.497 e. The van der Waals surface area contributed by atoms with Crippen molar-refractivity contribution in [3.8, 4) is 34.0 Å². The van der Waals surface area contributed by atoms with Crippen LogP contribution in [0, 0.1) is 6.92 Å². The Labute approximate surface area is 175 Å². The number of hydrogen-bond donors (Lipinski definition) is 1. The summed E-state index contributed by atoms with van der Waals surface area (Å²) in [6.07, 6.45) is 0. The molecule has 0 saturated heterocycles. The van der Waals surface area contributed by atoms with Gasteiger partial charge in [-0.1, -0.05) is 29.8 Å². The fourth-order valence-electron chi connectivity index (χ4n) is 3.19. The summed E-state index contributed by atoms with van der Waals surface area (Å²) in [5.41, 5.74) is 5.54. The molecule has 0 aliphatic carbocycles. The molecular weight excluding hydrogens is 398 g/mol. The quantitative estimate of drug-likeness (QED) is 0.526. The maximum Gasteiger partial charge on any atom is 0.238 e. The number of nitrogens with zero attached hydrogens (tertiary/aromatic N) is 2. The maximum absolute atomic E-state index is 11.6. The van der Waals surface area contributed by atoms with Gasteiger partial charge in [0.15, 0.2) is 0 Å². The molecule has 7 heteroatoms. The van der Waals surface area contributed by atoms with E-state index in [0.717, 1.165) is 34.0 Å². The number of aromatic nitrogens is 2. The average Bonchev–Trinajstić information content (AvgIpc) is 3.19. The highest BCUT2D eigenvalue weighted by Gasteiger charge is 2.15. The first kappa shape index (κ1) is 19.9. The molecule has 6 nitrogen and oxygen atoms in total. The van der Waals surface area contributed by atoms with Crippen molar-refractivity contribution in [3.63, 3.8) is 0 Å². The Kier molecular flexibility index (Phi) is 5.15. The predicted molar refractivity (Wildman–Crippen MR) is 117 cm³/mol. The SMILES string of the molecule is COc1ccc(-c2cc(-c3ccc(C)cc3)nn2-c2ccc(S(N)(=O)=O)cc2)cc1. The highest BCUT2D eigenvalue weighted by Crippen LogP contribution is 2.30. The Morgan fingerprint density at radius 2 is 1.47 bits per heavy atom. The number of rotatable bonds is 5. The van der Waals surface area contributed by atoms with Gasteiger partial charge in [-0.05, 0) is 61.5 Å². The topological polar surface area (TPSA) is 87.2 Å². The molecule has 0 bridgehead atoms. The Bertz CT molecular complexity index is 1280. The Balaban J connectivity index is 1.85. The molecule has 0 atom stereocenters. The van der Waals surface area contributed by atoms with E-state index in [0.29, 0.717) is 0 Å². The van der Waals surface area contributed by atoms with E-state index in [4.69, 9.17) is 15.0 Å². The minimum atomic E-state index is -3.76. The van der Waals surface area contributed by atoms with E-state index < -0.39 is 10.0 Å². The second-order valence-electron chi connectivity index (χ2n) is 6.96. The zero-order valence-corrected chi connectivity index (χ0v) is 17.4. The van der Waals surface area contributed by atoms with Crippen LogP contribution in [-0.2, 0) is 10.0 Å². The molecule has 1 heterocycles. The molecule has 0 amide bonds. The molecule has 152 valence electrons. The third kappa shape index (κ3) is 3.98. The zero-order valence-electron chi connectivity index (χ0n) is 16.6. The van der Waals surface area contributed by atoms with Gasteiger partial charge in [0, 0.05) is 11.1 Å². The third-order valence-corrected chi connectivity index (χ3v) is 5.78. The van der Waals surface area contributed by atoms with Crippen LogP contribution in [-0.4, -0.2) is 25.3 Å². The van der Waals surface area contributed by atoms with Gasteiger partial charge in [-0.15, -0.1) is 0 Å². The van der Waals surface area contributed by atoms with Crippen molar-refractivity contribution in [1.82, 2.24) is 9.78 Å². The summed E-state index contributed by atoms with van der Waals surface area (Å²) in [6.45, 7) is 2.04. The van der Waals surface area contributed by atoms with Crippen LogP contribution in [0.4, 0.5) is 0 Å². The highest BCUT2D eigenvalue weighted by molar-refractivity contribution is 7.89. The molecule has 3 aromatic carbocycles. The standard InChI is InChI=1S/C23H21N3O3S/c1-16-3-5-17(6-4-16)22-15-23(18-7-11-20(29-2)12-8-18)26(25-22)19-9-13-21(14-10-19)30(24,27)28/h3-15H,1-2H3,(H2,24,27,28). The molecule has 0 aliphatic heterocycles. The molecular formula is C23H21N3O3S. The molecule has 2 N–H and O–H groups in total. The van der Waals surface area contributed by atoms with Crippen LogP contribution >= 0.6 is 0 Å². The summed E-state index contributed by atoms with van der Waals surface area (Å²) in [6, 6.07) is 24.2. The molecule has 4 rings (SSSR count). The summed E-state index contributed by atoms with van der Waals surface area (Å²) in [5.74, 6) is 0.765. The first-order valence-corrected chi connectivity index (χ1v) is 10.8. The number of sulfonamides is 1. The van der Waals surface area contributed by atoms with Crippen LogP contribution in [0.25, 0.3) is 28.2 Å². The second-order valence-corrected chi connectivity index (χ2v) is 8.52. The van der Waals surface area contributed by atoms with Crippen LogP contribution in [0.2, 0.25) is 0 Å². The maximum atomic E-state index is 11.6. The number of primary sulfonamides is 1. The van der Waals surface area contributed by atoms with Gasteiger partial charge in [0.05, 0.1) is 29.1 Å². The lowest BCUT2D eigenvalue weighted by Gasteiger charge is -2.09. The van der Waals surface area contributed by atoms with Gasteiger partial charge in [0.2, 0.25) is 10.0 Å². The van der Waals surface area contributed by atoms with E-state index >= 15 is 0 Å². The molecule has 0 fully saturated rings. The van der Waals surface area contributed by atoms with Gasteiger partial charge >= 0.3 is 0 Å². The van der Waals surface area contributed by atoms with Crippen LogP contribution in [0.3, 0.4) is 0 Å². The highest BCUT2D eigenvalue weighted by atomic mass is 32.2. The van der Waals surface area contributed by atoms with Gasteiger partial charge in [-0.25, -0.2) is 18.2 Å². The fourth-order valence-corrected chi connectivity index (χ4v) is 3.70. The van der Waals surface area contributed by atoms with E-state index in [1.165, 1.54) is 17.7 Å². The summed E-state index contributed by atoms with van der Waals surface area (Å²) in [7, 11) is -2.13. The number of aryl methyl sites for hydroxylation is 1. The van der Waals surface area contributed by atoms with Crippen molar-refractivity contribution in [3.05, 3.63) is 84.4 Å². The summed E-state index contributed by atoms with van der Waals surface area (Å²) >= 11 is 0. The monoisotopic (exact) mass is 419 g/mol. The van der Waals surface area contributed by atoms with Crippen molar-refractivity contribution >= 4 is 10.0 Å². The molecule has 1 aromatic heterocycles. The van der Waals surface area contributed by atoms with Crippen molar-refractivity contribution in [2.75, 3.05) is 7.11 Å². The normalized spacial score (nSPS) is 11.4. The van der Waals surface area contributed by atoms with Gasteiger partial charge in [0.1, 0.15) is 5.75 Å². The molecule has 4 aromatic rings. The van der Waals surface area contributed by atoms with Crippen molar-refractivity contribution in [2.24, 2.45) is 5.14 Å². The lowest BCUT2D eigenvalue weighted by Crippen LogP contribution is -2.12. The van der Waals surface area contributed by atoms with Crippen LogP contribution < -0.4 is 9.88 Å². The van der Waals surface area contributed by atoms with E-state index in [9.17, 15) is 8.42 Å². The summed E-state index contributed by atoms with van der Waals surface area (Å²) < 4.78 is 30.2. The number of hydrogen-bond acceptors (Lipinski definition) is 4. The first-order valence-electron chi connectivity index (χ1n) is 9.30. The predicted octanol–water partition coefficient (Wildman–Crippen LogP) is 4.17. The molecule has 0 saturated carbocycles. The fraction of sp³-hybridized carbons (Fsp3) is 0.0870. The van der Waals surface area contributed by atoms with Crippen molar-refractivity contribution in [1.29, 1.82) is 0 Å². The van der Waals surface area contributed by atoms with E-state index in [1.807, 2.05) is 61.5 Å². The Morgan fingerprint density at radius 1 is 0.867 bits per heavy atom. The molecule has 0 radical (unpaired) electrons. The minimum Gasteiger partial charge on any atom is -0.497 e. The zero-order chi connectivity index (χ0) is 21.3. The van der Waals surface area contributed by atoms with Crippen LogP contribution in [0.5, 0.6) is 5.75 Å². The summed E-state index contributed by atoms with van der Waals surface area (Å²) in [4.78, 5) is 0.0585. The smallest absolute Gasteiger partial charge is 0.238 e. The van der Waals surface area contributed by atoms with Gasteiger partial charge < -0.3 is 4.74 Å². The molecule has 30 heavy (non-hydrogen) atoms. The Morgan fingerprint density at radius 3 is 2.03 bits per heavy atom. The van der Waals surface area contributed by atoms with Crippen molar-refractivity contribution in [2.45, 2.75) is 11.8 Å². The first-order chi connectivity index (χ1) is 14.3. The van der Waals surface area contributed by atoms with E-state index in [1.54, 1.807) is 23.9 Å². The van der Waals surface area contributed by atoms with Crippen LogP contribution in [0.1, 0.15) is 5.56 Å². The molecule has 0 aliphatic rings.